The first kappa shape index (κ1) is 42.1. The Labute approximate surface area is 300 Å². The van der Waals surface area contributed by atoms with Crippen LogP contribution < -0.4 is 0 Å². The van der Waals surface area contributed by atoms with Crippen LogP contribution in [0.15, 0.2) is 18.6 Å². The lowest BCUT2D eigenvalue weighted by Crippen LogP contribution is -2.49. The van der Waals surface area contributed by atoms with Gasteiger partial charge in [-0.2, -0.15) is 31.4 Å². The average molecular weight is 776 g/mol. The van der Waals surface area contributed by atoms with Crippen LogP contribution in [-0.2, 0) is 20.1 Å². The second kappa shape index (κ2) is 16.5. The van der Waals surface area contributed by atoms with Crippen molar-refractivity contribution in [2.24, 2.45) is 17.3 Å². The van der Waals surface area contributed by atoms with Crippen LogP contribution in [0.3, 0.4) is 0 Å². The highest BCUT2D eigenvalue weighted by Crippen LogP contribution is 2.44. The number of alkyl halides is 6. The number of hydrogen-bond donors (Lipinski definition) is 0. The molecule has 0 aliphatic heterocycles. The molecule has 1 aliphatic carbocycles. The van der Waals surface area contributed by atoms with Crippen molar-refractivity contribution in [3.8, 4) is 0 Å². The molecule has 3 rings (SSSR count). The molecule has 0 bridgehead atoms. The quantitative estimate of drug-likeness (QED) is 0.108. The number of halogens is 8. The Morgan fingerprint density at radius 1 is 1.00 bits per heavy atom. The minimum Gasteiger partial charge on any atom is -0.466 e. The van der Waals surface area contributed by atoms with E-state index in [9.17, 15) is 35.9 Å². The molecule has 4 atom stereocenters. The Kier molecular flexibility index (Phi) is 13.9. The predicted octanol–water partition coefficient (Wildman–Crippen LogP) is 9.94. The molecule has 17 heteroatoms. The molecule has 0 unspecified atom stereocenters. The lowest BCUT2D eigenvalue weighted by molar-refractivity contribution is -0.215. The van der Waals surface area contributed by atoms with E-state index in [-0.39, 0.29) is 47.4 Å². The van der Waals surface area contributed by atoms with Crippen molar-refractivity contribution in [3.63, 3.8) is 0 Å². The van der Waals surface area contributed by atoms with Crippen LogP contribution in [-0.4, -0.2) is 65.7 Å². The second-order valence-electron chi connectivity index (χ2n) is 13.6. The maximum absolute atomic E-state index is 14.9. The smallest absolute Gasteiger partial charge is 0.433 e. The number of aromatic nitrogens is 3. The molecule has 282 valence electrons. The van der Waals surface area contributed by atoms with Gasteiger partial charge >= 0.3 is 18.3 Å². The lowest BCUT2D eigenvalue weighted by atomic mass is 9.78. The third-order valence-corrected chi connectivity index (χ3v) is 15.2. The van der Waals surface area contributed by atoms with Gasteiger partial charge in [-0.25, -0.2) is 0 Å². The first-order valence-corrected chi connectivity index (χ1v) is 20.1. The number of amides is 1. The van der Waals surface area contributed by atoms with E-state index in [1.54, 1.807) is 13.8 Å². The van der Waals surface area contributed by atoms with Gasteiger partial charge in [0.25, 0.3) is 5.91 Å². The Morgan fingerprint density at radius 2 is 1.58 bits per heavy atom. The monoisotopic (exact) mass is 774 g/mol. The summed E-state index contributed by atoms with van der Waals surface area (Å²) in [5.41, 5.74) is -4.63. The highest BCUT2D eigenvalue weighted by Gasteiger charge is 2.51. The summed E-state index contributed by atoms with van der Waals surface area (Å²) >= 11 is 13.0. The highest BCUT2D eigenvalue weighted by molar-refractivity contribution is 6.73. The van der Waals surface area contributed by atoms with Crippen LogP contribution in [0.25, 0.3) is 0 Å². The number of esters is 1. The van der Waals surface area contributed by atoms with Crippen LogP contribution in [0.2, 0.25) is 28.2 Å². The van der Waals surface area contributed by atoms with Crippen molar-refractivity contribution in [1.82, 2.24) is 19.7 Å². The fourth-order valence-electron chi connectivity index (χ4n) is 6.64. The SMILES string of the molecule is CCOC(=O)[C@H]1CC[C@H](n2ncc(C(=O)N(C[C@@H](O[Si](CC)(CC)CC)c3c(Cl)cncc3Cl)CC(C)(C)C(F)(F)F)c2C(F)(F)F)C[C@@H]1C. The summed E-state index contributed by atoms with van der Waals surface area (Å²) < 4.78 is 100. The number of carbonyl (C=O) groups excluding carboxylic acids is 2. The molecule has 0 aromatic carbocycles. The molecule has 0 saturated heterocycles. The Hall–Kier alpha value is -2.36. The molecule has 0 spiro atoms. The minimum atomic E-state index is -5.10. The molecule has 1 saturated carbocycles. The Balaban J connectivity index is 2.16. The summed E-state index contributed by atoms with van der Waals surface area (Å²) in [7, 11) is -2.60. The van der Waals surface area contributed by atoms with Gasteiger partial charge in [-0.3, -0.25) is 19.3 Å². The molecule has 2 aromatic heterocycles. The van der Waals surface area contributed by atoms with Gasteiger partial charge in [-0.1, -0.05) is 50.9 Å². The van der Waals surface area contributed by atoms with E-state index >= 15 is 0 Å². The van der Waals surface area contributed by atoms with Crippen LogP contribution in [0.4, 0.5) is 26.3 Å². The lowest BCUT2D eigenvalue weighted by Gasteiger charge is -2.39. The summed E-state index contributed by atoms with van der Waals surface area (Å²) in [4.78, 5) is 31.4. The number of pyridine rings is 1. The van der Waals surface area contributed by atoms with Crippen LogP contribution in [0, 0.1) is 17.3 Å². The van der Waals surface area contributed by atoms with Gasteiger partial charge in [0.2, 0.25) is 0 Å². The van der Waals surface area contributed by atoms with Crippen molar-refractivity contribution in [3.05, 3.63) is 45.5 Å². The van der Waals surface area contributed by atoms with Gasteiger partial charge in [0.15, 0.2) is 14.0 Å². The van der Waals surface area contributed by atoms with Gasteiger partial charge in [0, 0.05) is 24.5 Å². The number of rotatable bonds is 14. The first-order valence-electron chi connectivity index (χ1n) is 16.8. The number of nitrogens with zero attached hydrogens (tertiary/aromatic N) is 4. The minimum absolute atomic E-state index is 0.0348. The van der Waals surface area contributed by atoms with Crippen LogP contribution >= 0.6 is 23.2 Å². The molecule has 0 N–H and O–H groups in total. The largest absolute Gasteiger partial charge is 0.466 e. The van der Waals surface area contributed by atoms with Crippen LogP contribution in [0.1, 0.15) is 101 Å². The van der Waals surface area contributed by atoms with Crippen molar-refractivity contribution < 1.29 is 45.1 Å². The third-order valence-electron chi connectivity index (χ3n) is 9.94. The summed E-state index contributed by atoms with van der Waals surface area (Å²) in [6.07, 6.45) is -7.27. The van der Waals surface area contributed by atoms with E-state index in [2.05, 4.69) is 10.1 Å². The number of hydrogen-bond acceptors (Lipinski definition) is 6. The third kappa shape index (κ3) is 9.35. The van der Waals surface area contributed by atoms with Gasteiger partial charge < -0.3 is 14.1 Å². The normalized spacial score (nSPS) is 19.7. The zero-order valence-corrected chi connectivity index (χ0v) is 31.9. The van der Waals surface area contributed by atoms with Gasteiger partial charge in [-0.05, 0) is 64.1 Å². The van der Waals surface area contributed by atoms with Crippen molar-refractivity contribution in [2.75, 3.05) is 19.7 Å². The van der Waals surface area contributed by atoms with E-state index in [1.165, 1.54) is 12.4 Å². The molecule has 50 heavy (non-hydrogen) atoms. The van der Waals surface area contributed by atoms with Crippen molar-refractivity contribution in [1.29, 1.82) is 0 Å². The van der Waals surface area contributed by atoms with Gasteiger partial charge in [-0.15, -0.1) is 0 Å². The molecule has 2 aromatic rings. The summed E-state index contributed by atoms with van der Waals surface area (Å²) in [6.45, 7) is 9.49. The van der Waals surface area contributed by atoms with Crippen molar-refractivity contribution in [2.45, 2.75) is 110 Å². The number of ether oxygens (including phenoxy) is 1. The maximum atomic E-state index is 14.9. The average Bonchev–Trinajstić information content (AvgIpc) is 3.48. The zero-order chi connectivity index (χ0) is 37.8. The molecule has 8 nitrogen and oxygen atoms in total. The summed E-state index contributed by atoms with van der Waals surface area (Å²) in [6, 6.07) is 1.01. The zero-order valence-electron chi connectivity index (χ0n) is 29.4. The highest BCUT2D eigenvalue weighted by atomic mass is 35.5. The molecule has 1 aliphatic rings. The molecule has 1 amide bonds. The van der Waals surface area contributed by atoms with E-state index in [4.69, 9.17) is 32.4 Å². The Morgan fingerprint density at radius 3 is 2.06 bits per heavy atom. The fourth-order valence-corrected chi connectivity index (χ4v) is 10.0. The number of carbonyl (C=O) groups is 2. The first-order chi connectivity index (χ1) is 23.2. The standard InChI is InChI=1S/C33H46Cl2F6N4O4Si/c1-8-48-30(47)22-13-12-21(14-20(22)5)45-28(32(36,37)38)23(15-43-45)29(46)44(19-31(6,7)33(39,40)41)18-26(49-50(9-2,10-3)11-4)27-24(34)16-42-17-25(27)35/h15-17,20-22,26H,8-14,18-19H2,1-7H3/t20-,21-,22-,26+/m0/s1. The second-order valence-corrected chi connectivity index (χ2v) is 19.1. The van der Waals surface area contributed by atoms with E-state index in [0.717, 1.165) is 29.6 Å². The maximum Gasteiger partial charge on any atom is 0.433 e. The molecule has 1 fully saturated rings. The van der Waals surface area contributed by atoms with E-state index in [1.807, 2.05) is 20.8 Å². The van der Waals surface area contributed by atoms with Crippen LogP contribution in [0.5, 0.6) is 0 Å². The Bertz CT molecular complexity index is 1460. The van der Waals surface area contributed by atoms with Gasteiger partial charge in [0.1, 0.15) is 0 Å². The summed E-state index contributed by atoms with van der Waals surface area (Å²) in [5.74, 6) is -2.60. The molecular formula is C33H46Cl2F6N4O4Si. The van der Waals surface area contributed by atoms with E-state index < -0.39 is 80.4 Å². The van der Waals surface area contributed by atoms with Crippen molar-refractivity contribution >= 4 is 43.4 Å². The molecule has 0 radical (unpaired) electrons. The molecule has 2 heterocycles. The molecular weight excluding hydrogens is 729 g/mol. The topological polar surface area (TPSA) is 86.6 Å². The fraction of sp³-hybridized carbons (Fsp3) is 0.697. The van der Waals surface area contributed by atoms with E-state index in [0.29, 0.717) is 18.1 Å². The summed E-state index contributed by atoms with van der Waals surface area (Å²) in [5, 5.41) is 4.07. The van der Waals surface area contributed by atoms with Gasteiger partial charge in [0.05, 0.1) is 58.4 Å². The predicted molar refractivity (Wildman–Crippen MR) is 180 cm³/mol.